The number of fused-ring (bicyclic) bond motifs is 1. The van der Waals surface area contributed by atoms with Crippen LogP contribution in [0.3, 0.4) is 0 Å². The molecule has 2 rings (SSSR count). The number of methoxy groups -OCH3 is 1. The number of hydrogen-bond donors (Lipinski definition) is 1. The second-order valence-electron chi connectivity index (χ2n) is 3.76. The molecule has 4 nitrogen and oxygen atoms in total. The van der Waals surface area contributed by atoms with E-state index in [2.05, 4.69) is 10.1 Å². The van der Waals surface area contributed by atoms with Gasteiger partial charge in [0.2, 0.25) is 0 Å². The molecule has 0 unspecified atom stereocenters. The molecule has 0 aliphatic carbocycles. The number of benzene rings is 1. The normalized spacial score (nSPS) is 16.2. The van der Waals surface area contributed by atoms with Crippen molar-refractivity contribution in [2.24, 2.45) is 0 Å². The smallest absolute Gasteiger partial charge is 0.418 e. The monoisotopic (exact) mass is 271 g/mol. The number of rotatable bonds is 1. The molecule has 1 aromatic rings. The number of esters is 1. The molecule has 1 aliphatic rings. The maximum atomic E-state index is 12.8. The van der Waals surface area contributed by atoms with E-state index in [4.69, 9.17) is 0 Å². The van der Waals surface area contributed by atoms with Crippen LogP contribution in [0, 0.1) is 0 Å². The van der Waals surface area contributed by atoms with Gasteiger partial charge in [-0.05, 0) is 6.07 Å². The maximum absolute atomic E-state index is 12.8. The van der Waals surface area contributed by atoms with Crippen molar-refractivity contribution >= 4 is 23.1 Å². The van der Waals surface area contributed by atoms with Crippen LogP contribution in [0.2, 0.25) is 0 Å². The summed E-state index contributed by atoms with van der Waals surface area (Å²) in [6.07, 6.45) is -3.72. The lowest BCUT2D eigenvalue weighted by molar-refractivity contribution is -0.137. The number of halogens is 3. The molecule has 0 bridgehead atoms. The molecule has 0 fully saturated rings. The molecule has 0 aromatic heterocycles. The first-order valence-corrected chi connectivity index (χ1v) is 5.16. The van der Waals surface area contributed by atoms with Gasteiger partial charge in [-0.1, -0.05) is 12.1 Å². The highest BCUT2D eigenvalue weighted by Crippen LogP contribution is 2.42. The summed E-state index contributed by atoms with van der Waals surface area (Å²) in [5.74, 6) is -1.58. The average molecular weight is 271 g/mol. The summed E-state index contributed by atoms with van der Waals surface area (Å²) in [5.41, 5.74) is -1.40. The highest BCUT2D eigenvalue weighted by molar-refractivity contribution is 6.34. The second-order valence-corrected chi connectivity index (χ2v) is 3.76. The summed E-state index contributed by atoms with van der Waals surface area (Å²) in [6.45, 7) is 0. The predicted molar refractivity (Wildman–Crippen MR) is 60.1 cm³/mol. The van der Waals surface area contributed by atoms with Crippen molar-refractivity contribution in [3.8, 4) is 0 Å². The molecular weight excluding hydrogens is 263 g/mol. The molecule has 1 aliphatic heterocycles. The molecule has 0 saturated heterocycles. The third-order valence-electron chi connectivity index (χ3n) is 2.61. The van der Waals surface area contributed by atoms with Gasteiger partial charge in [0, 0.05) is 11.6 Å². The van der Waals surface area contributed by atoms with Crippen molar-refractivity contribution in [1.82, 2.24) is 0 Å². The van der Waals surface area contributed by atoms with Crippen LogP contribution >= 0.6 is 0 Å². The number of alkyl halides is 3. The fourth-order valence-electron chi connectivity index (χ4n) is 1.77. The van der Waals surface area contributed by atoms with E-state index >= 15 is 0 Å². The zero-order valence-electron chi connectivity index (χ0n) is 9.67. The Labute approximate surface area is 105 Å². The quantitative estimate of drug-likeness (QED) is 0.629. The van der Waals surface area contributed by atoms with Gasteiger partial charge in [0.05, 0.1) is 23.9 Å². The van der Waals surface area contributed by atoms with Crippen LogP contribution in [0.4, 0.5) is 18.9 Å². The highest BCUT2D eigenvalue weighted by atomic mass is 19.4. The summed E-state index contributed by atoms with van der Waals surface area (Å²) in [5, 5.41) is 2.12. The van der Waals surface area contributed by atoms with Crippen molar-refractivity contribution in [2.75, 3.05) is 12.4 Å². The van der Waals surface area contributed by atoms with Crippen LogP contribution < -0.4 is 5.32 Å². The maximum Gasteiger partial charge on any atom is 0.418 e. The zero-order valence-corrected chi connectivity index (χ0v) is 9.67. The fourth-order valence-corrected chi connectivity index (χ4v) is 1.77. The molecule has 0 radical (unpaired) electrons. The number of carbonyl (C=O) groups excluding carboxylic acids is 2. The first kappa shape index (κ1) is 13.1. The molecule has 1 N–H and O–H groups in total. The molecule has 100 valence electrons. The van der Waals surface area contributed by atoms with Gasteiger partial charge < -0.3 is 10.1 Å². The van der Waals surface area contributed by atoms with Gasteiger partial charge >= 0.3 is 12.1 Å². The number of nitrogens with one attached hydrogen (secondary N) is 1. The summed E-state index contributed by atoms with van der Waals surface area (Å²) in [7, 11) is 1.11. The number of carbonyl (C=O) groups is 2. The average Bonchev–Trinajstić information content (AvgIpc) is 2.64. The van der Waals surface area contributed by atoms with Crippen molar-refractivity contribution < 1.29 is 27.5 Å². The summed E-state index contributed by atoms with van der Waals surface area (Å²) in [6, 6.07) is 3.37. The Morgan fingerprint density at radius 2 is 2.05 bits per heavy atom. The molecular formula is C12H8F3NO3. The van der Waals surface area contributed by atoms with E-state index in [0.29, 0.717) is 0 Å². The highest BCUT2D eigenvalue weighted by Gasteiger charge is 2.38. The SMILES string of the molecule is COC(=O)C=C1C(=O)Nc2c1cccc2C(F)(F)F. The van der Waals surface area contributed by atoms with E-state index in [0.717, 1.165) is 19.3 Å². The van der Waals surface area contributed by atoms with Crippen LogP contribution in [0.15, 0.2) is 24.3 Å². The number of anilines is 1. The van der Waals surface area contributed by atoms with Crippen molar-refractivity contribution in [1.29, 1.82) is 0 Å². The van der Waals surface area contributed by atoms with Gasteiger partial charge in [-0.2, -0.15) is 13.2 Å². The van der Waals surface area contributed by atoms with Crippen molar-refractivity contribution in [2.45, 2.75) is 6.18 Å². The summed E-state index contributed by atoms with van der Waals surface area (Å²) < 4.78 is 42.6. The number of hydrogen-bond acceptors (Lipinski definition) is 3. The Balaban J connectivity index is 2.58. The summed E-state index contributed by atoms with van der Waals surface area (Å²) in [4.78, 5) is 22.7. The van der Waals surface area contributed by atoms with Crippen LogP contribution in [-0.2, 0) is 20.5 Å². The first-order valence-electron chi connectivity index (χ1n) is 5.16. The predicted octanol–water partition coefficient (Wildman–Crippen LogP) is 2.21. The van der Waals surface area contributed by atoms with E-state index in [1.54, 1.807) is 0 Å². The molecule has 1 aromatic carbocycles. The van der Waals surface area contributed by atoms with E-state index in [1.807, 2.05) is 0 Å². The van der Waals surface area contributed by atoms with Crippen LogP contribution in [0.1, 0.15) is 11.1 Å². The molecule has 7 heteroatoms. The minimum atomic E-state index is -4.58. The number of ether oxygens (including phenoxy) is 1. The molecule has 1 heterocycles. The Hall–Kier alpha value is -2.31. The number of amides is 1. The van der Waals surface area contributed by atoms with Gasteiger partial charge in [-0.15, -0.1) is 0 Å². The van der Waals surface area contributed by atoms with E-state index in [1.165, 1.54) is 12.1 Å². The molecule has 0 saturated carbocycles. The Morgan fingerprint density at radius 1 is 1.37 bits per heavy atom. The lowest BCUT2D eigenvalue weighted by Gasteiger charge is -2.10. The lowest BCUT2D eigenvalue weighted by Crippen LogP contribution is -2.10. The number of para-hydroxylation sites is 1. The Morgan fingerprint density at radius 3 is 2.63 bits per heavy atom. The van der Waals surface area contributed by atoms with E-state index in [-0.39, 0.29) is 16.8 Å². The third-order valence-corrected chi connectivity index (χ3v) is 2.61. The van der Waals surface area contributed by atoms with Gasteiger partial charge in [0.25, 0.3) is 5.91 Å². The Kier molecular flexibility index (Phi) is 3.05. The van der Waals surface area contributed by atoms with Gasteiger partial charge in [-0.25, -0.2) is 4.79 Å². The van der Waals surface area contributed by atoms with Crippen LogP contribution in [0.25, 0.3) is 5.57 Å². The molecule has 19 heavy (non-hydrogen) atoms. The topological polar surface area (TPSA) is 55.4 Å². The van der Waals surface area contributed by atoms with Crippen molar-refractivity contribution in [3.05, 3.63) is 35.4 Å². The molecule has 0 spiro atoms. The largest absolute Gasteiger partial charge is 0.466 e. The van der Waals surface area contributed by atoms with Gasteiger partial charge in [0.1, 0.15) is 0 Å². The molecule has 0 atom stereocenters. The van der Waals surface area contributed by atoms with E-state index in [9.17, 15) is 22.8 Å². The van der Waals surface area contributed by atoms with E-state index < -0.39 is 23.6 Å². The minimum Gasteiger partial charge on any atom is -0.466 e. The van der Waals surface area contributed by atoms with Crippen LogP contribution in [-0.4, -0.2) is 19.0 Å². The van der Waals surface area contributed by atoms with Crippen LogP contribution in [0.5, 0.6) is 0 Å². The van der Waals surface area contributed by atoms with Crippen molar-refractivity contribution in [3.63, 3.8) is 0 Å². The molecule has 1 amide bonds. The third kappa shape index (κ3) is 2.31. The first-order chi connectivity index (χ1) is 8.84. The minimum absolute atomic E-state index is 0.0326. The zero-order chi connectivity index (χ0) is 14.2. The summed E-state index contributed by atoms with van der Waals surface area (Å²) >= 11 is 0. The van der Waals surface area contributed by atoms with Gasteiger partial charge in [0.15, 0.2) is 0 Å². The fraction of sp³-hybridized carbons (Fsp3) is 0.167. The Bertz CT molecular complexity index is 590. The second kappa shape index (κ2) is 4.42. The standard InChI is InChI=1S/C12H8F3NO3/c1-19-9(17)5-7-6-3-2-4-8(12(13,14)15)10(6)16-11(7)18/h2-5H,1H3,(H,16,18). The lowest BCUT2D eigenvalue weighted by atomic mass is 10.0. The van der Waals surface area contributed by atoms with Gasteiger partial charge in [-0.3, -0.25) is 4.79 Å².